The zero-order valence-corrected chi connectivity index (χ0v) is 34.7. The Bertz CT molecular complexity index is 1420. The maximum atomic E-state index is 12.4. The monoisotopic (exact) mass is 800 g/mol. The molecule has 324 valence electrons. The maximum Gasteiger partial charge on any atom is 0.187 e. The highest BCUT2D eigenvalue weighted by Crippen LogP contribution is 2.76. The summed E-state index contributed by atoms with van der Waals surface area (Å²) in [5, 5.41) is 110. The summed E-state index contributed by atoms with van der Waals surface area (Å²) in [5.41, 5.74) is -3.67. The van der Waals surface area contributed by atoms with Crippen LogP contribution in [0.4, 0.5) is 0 Å². The predicted molar refractivity (Wildman–Crippen MR) is 202 cm³/mol. The number of fused-ring (bicyclic) bond motifs is 5. The number of aliphatic hydroxyl groups excluding tert-OH is 9. The van der Waals surface area contributed by atoms with Crippen LogP contribution in [0.25, 0.3) is 0 Å². The lowest BCUT2D eigenvalue weighted by atomic mass is 9.35. The second-order valence-corrected chi connectivity index (χ2v) is 20.7. The smallest absolute Gasteiger partial charge is 0.187 e. The Kier molecular flexibility index (Phi) is 12.2. The van der Waals surface area contributed by atoms with Crippen LogP contribution in [0.3, 0.4) is 0 Å². The average Bonchev–Trinajstić information content (AvgIpc) is 3.49. The first-order chi connectivity index (χ1) is 25.7. The van der Waals surface area contributed by atoms with Crippen molar-refractivity contribution in [3.05, 3.63) is 12.2 Å². The van der Waals surface area contributed by atoms with Gasteiger partial charge in [-0.15, -0.1) is 0 Å². The molecule has 6 aliphatic rings. The highest BCUT2D eigenvalue weighted by molar-refractivity contribution is 5.21. The second-order valence-electron chi connectivity index (χ2n) is 20.7. The number of hydrogen-bond donors (Lipinski definition) is 10. The molecule has 0 unspecified atom stereocenters. The summed E-state index contributed by atoms with van der Waals surface area (Å²) >= 11 is 0. The first kappa shape index (κ1) is 44.7. The Balaban J connectivity index is 1.28. The molecule has 0 spiro atoms. The average molecular weight is 801 g/mol. The van der Waals surface area contributed by atoms with Crippen molar-refractivity contribution in [2.24, 2.45) is 45.3 Å². The SMILES string of the molecule is C[C@@H]1O[C@@H](OC[C@H]2O[C@@H](O[C@@](C)(C/C=C/C(C)(C)O)[C@H]3CC[C@]4(C)[C@@H]3[C@H](O)C[C@@H]3[C@@]5(C)C[C@@H](O)[C@H](O)C(C)(C)[C@@H]5CC[C@]34C)[C@H](O)[C@@H](O)[C@@H]2O)[C@H](O)[C@H](O)[C@H]1O. The molecule has 4 aliphatic carbocycles. The Morgan fingerprint density at radius 2 is 1.32 bits per heavy atom. The Morgan fingerprint density at radius 3 is 1.96 bits per heavy atom. The molecule has 2 saturated heterocycles. The summed E-state index contributed by atoms with van der Waals surface area (Å²) in [7, 11) is 0. The lowest BCUT2D eigenvalue weighted by Gasteiger charge is -2.71. The molecule has 14 nitrogen and oxygen atoms in total. The topological polar surface area (TPSA) is 239 Å². The van der Waals surface area contributed by atoms with Crippen molar-refractivity contribution >= 4 is 0 Å². The van der Waals surface area contributed by atoms with Crippen molar-refractivity contribution in [1.29, 1.82) is 0 Å². The Labute approximate surface area is 331 Å². The number of ether oxygens (including phenoxy) is 4. The van der Waals surface area contributed by atoms with Gasteiger partial charge in [0.2, 0.25) is 0 Å². The number of rotatable bonds is 9. The van der Waals surface area contributed by atoms with Gasteiger partial charge in [-0.25, -0.2) is 0 Å². The summed E-state index contributed by atoms with van der Waals surface area (Å²) in [6, 6.07) is 0. The minimum Gasteiger partial charge on any atom is -0.393 e. The van der Waals surface area contributed by atoms with E-state index in [1.807, 2.05) is 13.0 Å². The van der Waals surface area contributed by atoms with E-state index in [1.54, 1.807) is 19.9 Å². The molecule has 0 amide bonds. The molecule has 10 N–H and O–H groups in total. The van der Waals surface area contributed by atoms with Crippen LogP contribution in [0, 0.1) is 45.3 Å². The second kappa shape index (κ2) is 15.3. The standard InChI is InChI=1S/C42H72O14/c1-20-28(45)30(47)32(49)35(54-20)53-19-24-29(46)31(48)33(50)36(55-24)56-42(9,14-10-13-37(2,3)52)21-11-15-41(8)27(21)22(43)17-26-39(6)18-23(44)34(51)38(4,5)25(39)12-16-40(26,41)7/h10,13,20-36,43-52H,11-12,14-19H2,1-9H3/b13-10+/t20-,21-,22+,23+,24+,25-,26+,27-,28-,29+,30+,31-,32+,33+,34-,35+,36-,39-,40+,41+,42-/m0/s1. The summed E-state index contributed by atoms with van der Waals surface area (Å²) in [6.07, 6.45) is -8.92. The summed E-state index contributed by atoms with van der Waals surface area (Å²) in [4.78, 5) is 0. The van der Waals surface area contributed by atoms with Crippen LogP contribution in [-0.4, -0.2) is 149 Å². The first-order valence-electron chi connectivity index (χ1n) is 20.9. The van der Waals surface area contributed by atoms with E-state index in [4.69, 9.17) is 18.9 Å². The third kappa shape index (κ3) is 7.26. The quantitative estimate of drug-likeness (QED) is 0.147. The van der Waals surface area contributed by atoms with Gasteiger partial charge in [0.25, 0.3) is 0 Å². The summed E-state index contributed by atoms with van der Waals surface area (Å²) in [5.74, 6) is -0.289. The Hall–Kier alpha value is -0.820. The van der Waals surface area contributed by atoms with Crippen LogP contribution in [0.15, 0.2) is 12.2 Å². The fraction of sp³-hybridized carbons (Fsp3) is 0.952. The van der Waals surface area contributed by atoms with E-state index in [-0.39, 0.29) is 46.3 Å². The molecule has 2 heterocycles. The van der Waals surface area contributed by atoms with E-state index in [2.05, 4.69) is 34.6 Å². The molecule has 6 fully saturated rings. The summed E-state index contributed by atoms with van der Waals surface area (Å²) in [6.45, 7) is 17.3. The largest absolute Gasteiger partial charge is 0.393 e. The van der Waals surface area contributed by atoms with Crippen molar-refractivity contribution in [1.82, 2.24) is 0 Å². The highest BCUT2D eigenvalue weighted by atomic mass is 16.7. The molecular formula is C42H72O14. The number of aliphatic hydroxyl groups is 10. The van der Waals surface area contributed by atoms with E-state index in [0.29, 0.717) is 19.3 Å². The van der Waals surface area contributed by atoms with Crippen LogP contribution >= 0.6 is 0 Å². The third-order valence-electron chi connectivity index (χ3n) is 16.4. The van der Waals surface area contributed by atoms with Gasteiger partial charge in [0, 0.05) is 0 Å². The van der Waals surface area contributed by atoms with Crippen LogP contribution in [0.2, 0.25) is 0 Å². The Morgan fingerprint density at radius 1 is 0.714 bits per heavy atom. The lowest BCUT2D eigenvalue weighted by molar-refractivity contribution is -0.347. The van der Waals surface area contributed by atoms with Crippen LogP contribution in [-0.2, 0) is 18.9 Å². The van der Waals surface area contributed by atoms with Gasteiger partial charge in [0.05, 0.1) is 42.2 Å². The molecule has 0 aromatic heterocycles. The fourth-order valence-electron chi connectivity index (χ4n) is 13.2. The van der Waals surface area contributed by atoms with Gasteiger partial charge < -0.3 is 70.0 Å². The highest BCUT2D eigenvalue weighted by Gasteiger charge is 2.72. The molecule has 56 heavy (non-hydrogen) atoms. The van der Waals surface area contributed by atoms with Crippen LogP contribution in [0.1, 0.15) is 107 Å². The lowest BCUT2D eigenvalue weighted by Crippen LogP contribution is -2.68. The molecule has 21 atom stereocenters. The van der Waals surface area contributed by atoms with Crippen molar-refractivity contribution in [3.8, 4) is 0 Å². The zero-order valence-electron chi connectivity index (χ0n) is 34.7. The fourth-order valence-corrected chi connectivity index (χ4v) is 13.2. The minimum absolute atomic E-state index is 0.0763. The van der Waals surface area contributed by atoms with Gasteiger partial charge in [-0.3, -0.25) is 0 Å². The molecule has 0 aromatic carbocycles. The van der Waals surface area contributed by atoms with E-state index in [1.165, 1.54) is 6.92 Å². The van der Waals surface area contributed by atoms with E-state index in [9.17, 15) is 51.1 Å². The molecule has 4 saturated carbocycles. The van der Waals surface area contributed by atoms with Gasteiger partial charge in [0.15, 0.2) is 12.6 Å². The predicted octanol–water partition coefficient (Wildman–Crippen LogP) is 1.12. The molecule has 0 radical (unpaired) electrons. The van der Waals surface area contributed by atoms with Crippen molar-refractivity contribution in [3.63, 3.8) is 0 Å². The van der Waals surface area contributed by atoms with E-state index in [0.717, 1.165) is 19.3 Å². The molecule has 2 aliphatic heterocycles. The van der Waals surface area contributed by atoms with Crippen LogP contribution in [0.5, 0.6) is 0 Å². The molecular weight excluding hydrogens is 728 g/mol. The zero-order chi connectivity index (χ0) is 41.7. The van der Waals surface area contributed by atoms with Crippen molar-refractivity contribution < 1.29 is 70.0 Å². The third-order valence-corrected chi connectivity index (χ3v) is 16.4. The van der Waals surface area contributed by atoms with E-state index < -0.39 is 103 Å². The molecule has 14 heteroatoms. The van der Waals surface area contributed by atoms with E-state index >= 15 is 0 Å². The first-order valence-corrected chi connectivity index (χ1v) is 20.9. The normalized spacial score (nSPS) is 53.2. The van der Waals surface area contributed by atoms with Gasteiger partial charge in [-0.2, -0.15) is 0 Å². The van der Waals surface area contributed by atoms with Gasteiger partial charge in [-0.05, 0) is 118 Å². The van der Waals surface area contributed by atoms with Gasteiger partial charge in [0.1, 0.15) is 42.7 Å². The number of hydrogen-bond acceptors (Lipinski definition) is 14. The van der Waals surface area contributed by atoms with Crippen molar-refractivity contribution in [2.75, 3.05) is 6.61 Å². The van der Waals surface area contributed by atoms with Crippen molar-refractivity contribution in [2.45, 2.75) is 198 Å². The van der Waals surface area contributed by atoms with Gasteiger partial charge >= 0.3 is 0 Å². The van der Waals surface area contributed by atoms with Gasteiger partial charge in [-0.1, -0.05) is 46.8 Å². The minimum atomic E-state index is -1.71. The summed E-state index contributed by atoms with van der Waals surface area (Å²) < 4.78 is 24.2. The maximum absolute atomic E-state index is 12.4. The van der Waals surface area contributed by atoms with Crippen LogP contribution < -0.4 is 0 Å². The molecule has 0 aromatic rings. The molecule has 0 bridgehead atoms. The molecule has 6 rings (SSSR count).